The molecule has 15 heavy (non-hydrogen) atoms. The first-order chi connectivity index (χ1) is 7.33. The summed E-state index contributed by atoms with van der Waals surface area (Å²) in [5.74, 6) is 1.02. The molecule has 1 N–H and O–H groups in total. The molecule has 0 atom stereocenters. The summed E-state index contributed by atoms with van der Waals surface area (Å²) in [5, 5.41) is 14.9. The molecule has 0 spiro atoms. The number of nitrogens with zero attached hydrogens (tertiary/aromatic N) is 5. The molecular formula is C8H10N6O. The number of nitrogens with one attached hydrogen (secondary N) is 1. The predicted molar refractivity (Wildman–Crippen MR) is 50.0 cm³/mol. The van der Waals surface area contributed by atoms with Crippen LogP contribution in [0.15, 0.2) is 10.7 Å². The monoisotopic (exact) mass is 206 g/mol. The SMILES string of the molecule is Cc1noc(-c2cn(C3CNC3)nn2)n1. The summed E-state index contributed by atoms with van der Waals surface area (Å²) in [4.78, 5) is 4.09. The van der Waals surface area contributed by atoms with Crippen LogP contribution in [0.3, 0.4) is 0 Å². The summed E-state index contributed by atoms with van der Waals surface area (Å²) in [7, 11) is 0. The summed E-state index contributed by atoms with van der Waals surface area (Å²) in [6, 6.07) is 0.398. The molecule has 0 aromatic carbocycles. The van der Waals surface area contributed by atoms with Gasteiger partial charge in [-0.15, -0.1) is 5.10 Å². The van der Waals surface area contributed by atoms with E-state index in [-0.39, 0.29) is 0 Å². The van der Waals surface area contributed by atoms with E-state index in [2.05, 4.69) is 25.8 Å². The molecular weight excluding hydrogens is 196 g/mol. The highest BCUT2D eigenvalue weighted by Gasteiger charge is 2.21. The highest BCUT2D eigenvalue weighted by atomic mass is 16.5. The first-order valence-electron chi connectivity index (χ1n) is 4.76. The first-order valence-corrected chi connectivity index (χ1v) is 4.76. The molecule has 2 aromatic heterocycles. The molecule has 0 amide bonds. The molecule has 1 aliphatic rings. The molecule has 0 bridgehead atoms. The molecule has 7 heteroatoms. The van der Waals surface area contributed by atoms with Gasteiger partial charge in [0.05, 0.1) is 12.2 Å². The molecule has 2 aromatic rings. The maximum absolute atomic E-state index is 5.00. The number of aryl methyl sites for hydroxylation is 1. The molecule has 0 saturated carbocycles. The normalized spacial score (nSPS) is 16.6. The molecule has 1 fully saturated rings. The Morgan fingerprint density at radius 2 is 2.40 bits per heavy atom. The Balaban J connectivity index is 1.89. The van der Waals surface area contributed by atoms with E-state index in [4.69, 9.17) is 4.52 Å². The molecule has 3 heterocycles. The van der Waals surface area contributed by atoms with Gasteiger partial charge in [-0.3, -0.25) is 0 Å². The van der Waals surface area contributed by atoms with Crippen molar-refractivity contribution in [3.63, 3.8) is 0 Å². The Morgan fingerprint density at radius 1 is 1.53 bits per heavy atom. The van der Waals surface area contributed by atoms with E-state index in [1.807, 2.05) is 10.9 Å². The van der Waals surface area contributed by atoms with E-state index >= 15 is 0 Å². The minimum atomic E-state index is 0.398. The van der Waals surface area contributed by atoms with Crippen molar-refractivity contribution in [2.24, 2.45) is 0 Å². The average Bonchev–Trinajstić information content (AvgIpc) is 2.70. The fourth-order valence-electron chi connectivity index (χ4n) is 1.41. The van der Waals surface area contributed by atoms with E-state index in [1.165, 1.54) is 0 Å². The number of rotatable bonds is 2. The highest BCUT2D eigenvalue weighted by Crippen LogP contribution is 2.16. The van der Waals surface area contributed by atoms with Gasteiger partial charge in [0.1, 0.15) is 0 Å². The third-order valence-electron chi connectivity index (χ3n) is 2.39. The molecule has 1 saturated heterocycles. The highest BCUT2D eigenvalue weighted by molar-refractivity contribution is 5.43. The van der Waals surface area contributed by atoms with E-state index in [9.17, 15) is 0 Å². The molecule has 78 valence electrons. The van der Waals surface area contributed by atoms with Gasteiger partial charge < -0.3 is 9.84 Å². The van der Waals surface area contributed by atoms with Gasteiger partial charge in [0.15, 0.2) is 11.5 Å². The number of hydrogen-bond acceptors (Lipinski definition) is 6. The Morgan fingerprint density at radius 3 is 3.00 bits per heavy atom. The molecule has 1 aliphatic heterocycles. The third kappa shape index (κ3) is 1.40. The molecule has 0 radical (unpaired) electrons. The van der Waals surface area contributed by atoms with E-state index in [0.29, 0.717) is 23.5 Å². The van der Waals surface area contributed by atoms with Gasteiger partial charge in [-0.05, 0) is 6.92 Å². The van der Waals surface area contributed by atoms with Crippen molar-refractivity contribution in [1.29, 1.82) is 0 Å². The number of hydrogen-bond donors (Lipinski definition) is 1. The average molecular weight is 206 g/mol. The van der Waals surface area contributed by atoms with E-state index in [1.54, 1.807) is 6.92 Å². The van der Waals surface area contributed by atoms with Gasteiger partial charge in [0, 0.05) is 13.1 Å². The minimum Gasteiger partial charge on any atom is -0.332 e. The van der Waals surface area contributed by atoms with Crippen molar-refractivity contribution >= 4 is 0 Å². The second-order valence-electron chi connectivity index (χ2n) is 3.54. The summed E-state index contributed by atoms with van der Waals surface area (Å²) in [6.45, 7) is 3.64. The second kappa shape index (κ2) is 3.13. The van der Waals surface area contributed by atoms with Gasteiger partial charge in [-0.25, -0.2) is 4.68 Å². The molecule has 7 nitrogen and oxygen atoms in total. The van der Waals surface area contributed by atoms with Gasteiger partial charge >= 0.3 is 0 Å². The van der Waals surface area contributed by atoms with Crippen molar-refractivity contribution in [3.05, 3.63) is 12.0 Å². The second-order valence-corrected chi connectivity index (χ2v) is 3.54. The van der Waals surface area contributed by atoms with Gasteiger partial charge in [-0.1, -0.05) is 10.4 Å². The van der Waals surface area contributed by atoms with Crippen molar-refractivity contribution < 1.29 is 4.52 Å². The van der Waals surface area contributed by atoms with Crippen LogP contribution in [0.4, 0.5) is 0 Å². The molecule has 0 aliphatic carbocycles. The van der Waals surface area contributed by atoms with Crippen LogP contribution in [0, 0.1) is 6.92 Å². The predicted octanol–water partition coefficient (Wildman–Crippen LogP) is -0.219. The van der Waals surface area contributed by atoms with Crippen LogP contribution in [0.1, 0.15) is 11.9 Å². The maximum Gasteiger partial charge on any atom is 0.280 e. The van der Waals surface area contributed by atoms with Crippen LogP contribution in [0.25, 0.3) is 11.6 Å². The lowest BCUT2D eigenvalue weighted by atomic mass is 10.2. The Hall–Kier alpha value is -1.76. The first kappa shape index (κ1) is 8.54. The summed E-state index contributed by atoms with van der Waals surface area (Å²) in [6.07, 6.45) is 1.83. The minimum absolute atomic E-state index is 0.398. The van der Waals surface area contributed by atoms with Crippen LogP contribution in [-0.4, -0.2) is 38.2 Å². The Kier molecular flexibility index (Phi) is 1.78. The zero-order valence-electron chi connectivity index (χ0n) is 8.21. The van der Waals surface area contributed by atoms with Crippen molar-refractivity contribution in [1.82, 2.24) is 30.5 Å². The lowest BCUT2D eigenvalue weighted by Crippen LogP contribution is -2.43. The van der Waals surface area contributed by atoms with E-state index < -0.39 is 0 Å². The zero-order valence-corrected chi connectivity index (χ0v) is 8.21. The van der Waals surface area contributed by atoms with Gasteiger partial charge in [0.25, 0.3) is 5.89 Å². The lowest BCUT2D eigenvalue weighted by Gasteiger charge is -2.26. The Labute approximate surface area is 85.5 Å². The van der Waals surface area contributed by atoms with Crippen LogP contribution < -0.4 is 5.32 Å². The molecule has 3 rings (SSSR count). The third-order valence-corrected chi connectivity index (χ3v) is 2.39. The van der Waals surface area contributed by atoms with Gasteiger partial charge in [-0.2, -0.15) is 4.98 Å². The van der Waals surface area contributed by atoms with Crippen molar-refractivity contribution in [3.8, 4) is 11.6 Å². The van der Waals surface area contributed by atoms with Crippen molar-refractivity contribution in [2.75, 3.05) is 13.1 Å². The van der Waals surface area contributed by atoms with Crippen LogP contribution in [0.2, 0.25) is 0 Å². The van der Waals surface area contributed by atoms with Gasteiger partial charge in [0.2, 0.25) is 0 Å². The smallest absolute Gasteiger partial charge is 0.280 e. The lowest BCUT2D eigenvalue weighted by molar-refractivity contribution is 0.313. The topological polar surface area (TPSA) is 81.7 Å². The van der Waals surface area contributed by atoms with Crippen LogP contribution in [-0.2, 0) is 0 Å². The fourth-order valence-corrected chi connectivity index (χ4v) is 1.41. The maximum atomic E-state index is 5.00. The van der Waals surface area contributed by atoms with Crippen LogP contribution in [0.5, 0.6) is 0 Å². The largest absolute Gasteiger partial charge is 0.332 e. The summed E-state index contributed by atoms with van der Waals surface area (Å²) < 4.78 is 6.83. The zero-order chi connectivity index (χ0) is 10.3. The van der Waals surface area contributed by atoms with E-state index in [0.717, 1.165) is 13.1 Å². The summed E-state index contributed by atoms with van der Waals surface area (Å²) in [5.41, 5.74) is 0.627. The Bertz CT molecular complexity index is 471. The molecule has 0 unspecified atom stereocenters. The standard InChI is InChI=1S/C8H10N6O/c1-5-10-8(15-12-5)7-4-14(13-11-7)6-2-9-3-6/h4,6,9H,2-3H2,1H3. The quantitative estimate of drug-likeness (QED) is 0.731. The summed E-state index contributed by atoms with van der Waals surface area (Å²) >= 11 is 0. The number of aromatic nitrogens is 5. The fraction of sp³-hybridized carbons (Fsp3) is 0.500. The van der Waals surface area contributed by atoms with Crippen LogP contribution >= 0.6 is 0 Å². The van der Waals surface area contributed by atoms with Crippen molar-refractivity contribution in [2.45, 2.75) is 13.0 Å².